The van der Waals surface area contributed by atoms with Crippen LogP contribution < -0.4 is 16.4 Å². The zero-order valence-electron chi connectivity index (χ0n) is 11.9. The minimum absolute atomic E-state index is 0.0294. The summed E-state index contributed by atoms with van der Waals surface area (Å²) in [6, 6.07) is -1.83. The summed E-state index contributed by atoms with van der Waals surface area (Å²) < 4.78 is 0. The molecule has 114 valence electrons. The molecule has 3 amide bonds. The monoisotopic (exact) mass is 285 g/mol. The summed E-state index contributed by atoms with van der Waals surface area (Å²) >= 11 is 0. The van der Waals surface area contributed by atoms with Gasteiger partial charge in [0.2, 0.25) is 5.91 Å². The van der Waals surface area contributed by atoms with Crippen LogP contribution in [-0.2, 0) is 9.59 Å². The zero-order valence-corrected chi connectivity index (χ0v) is 11.9. The first kappa shape index (κ1) is 16.3. The van der Waals surface area contributed by atoms with Crippen LogP contribution in [0.15, 0.2) is 0 Å². The number of urea groups is 1. The Morgan fingerprint density at radius 3 is 2.55 bits per heavy atom. The van der Waals surface area contributed by atoms with Crippen LogP contribution in [0, 0.1) is 5.41 Å². The number of nitrogens with two attached hydrogens (primary N) is 1. The average Bonchev–Trinajstić information content (AvgIpc) is 2.25. The molecule has 0 aromatic carbocycles. The third-order valence-corrected chi connectivity index (χ3v) is 3.55. The lowest BCUT2D eigenvalue weighted by atomic mass is 9.75. The van der Waals surface area contributed by atoms with Crippen LogP contribution in [-0.4, -0.2) is 35.1 Å². The van der Waals surface area contributed by atoms with Crippen molar-refractivity contribution in [1.29, 1.82) is 0 Å². The summed E-state index contributed by atoms with van der Waals surface area (Å²) in [5.74, 6) is -2.04. The van der Waals surface area contributed by atoms with Gasteiger partial charge >= 0.3 is 12.0 Å². The third-order valence-electron chi connectivity index (χ3n) is 3.55. The number of carbonyl (C=O) groups excluding carboxylic acids is 2. The number of aliphatic carboxylic acids is 1. The number of carboxylic acids is 1. The molecule has 7 nitrogen and oxygen atoms in total. The van der Waals surface area contributed by atoms with E-state index in [2.05, 4.69) is 24.5 Å². The van der Waals surface area contributed by atoms with Crippen molar-refractivity contribution in [2.75, 3.05) is 0 Å². The fourth-order valence-corrected chi connectivity index (χ4v) is 2.61. The molecular formula is C13H23N3O4. The van der Waals surface area contributed by atoms with Crippen LogP contribution in [0.5, 0.6) is 0 Å². The maximum Gasteiger partial charge on any atom is 0.326 e. The van der Waals surface area contributed by atoms with Crippen molar-refractivity contribution < 1.29 is 19.5 Å². The first-order valence-corrected chi connectivity index (χ1v) is 6.78. The number of nitrogens with one attached hydrogen (secondary N) is 2. The molecule has 1 unspecified atom stereocenters. The van der Waals surface area contributed by atoms with E-state index in [1.54, 1.807) is 0 Å². The Morgan fingerprint density at radius 2 is 2.05 bits per heavy atom. The lowest BCUT2D eigenvalue weighted by molar-refractivity contribution is -0.140. The topological polar surface area (TPSA) is 122 Å². The van der Waals surface area contributed by atoms with Crippen molar-refractivity contribution in [3.8, 4) is 0 Å². The number of primary amides is 1. The number of hydrogen-bond donors (Lipinski definition) is 4. The van der Waals surface area contributed by atoms with Gasteiger partial charge in [-0.2, -0.15) is 0 Å². The normalized spacial score (nSPS) is 22.6. The summed E-state index contributed by atoms with van der Waals surface area (Å²) in [5, 5.41) is 13.9. The van der Waals surface area contributed by atoms with Crippen molar-refractivity contribution in [2.45, 2.75) is 58.0 Å². The van der Waals surface area contributed by atoms with Crippen LogP contribution in [0.4, 0.5) is 4.79 Å². The van der Waals surface area contributed by atoms with Crippen molar-refractivity contribution in [1.82, 2.24) is 10.6 Å². The molecule has 20 heavy (non-hydrogen) atoms. The molecule has 0 bridgehead atoms. The summed E-state index contributed by atoms with van der Waals surface area (Å²) in [6.07, 6.45) is 3.46. The Bertz CT molecular complexity index is 395. The molecule has 2 atom stereocenters. The first-order chi connectivity index (χ1) is 9.19. The van der Waals surface area contributed by atoms with E-state index >= 15 is 0 Å². The van der Waals surface area contributed by atoms with Crippen LogP contribution in [0.1, 0.15) is 46.0 Å². The van der Waals surface area contributed by atoms with Crippen LogP contribution in [0.3, 0.4) is 0 Å². The van der Waals surface area contributed by atoms with E-state index < -0.39 is 30.4 Å². The second kappa shape index (κ2) is 6.58. The molecule has 0 spiro atoms. The van der Waals surface area contributed by atoms with Gasteiger partial charge in [-0.05, 0) is 24.7 Å². The molecule has 1 fully saturated rings. The molecule has 1 saturated carbocycles. The summed E-state index contributed by atoms with van der Waals surface area (Å²) in [4.78, 5) is 33.5. The van der Waals surface area contributed by atoms with Gasteiger partial charge in [0.15, 0.2) is 0 Å². The highest BCUT2D eigenvalue weighted by molar-refractivity contribution is 5.87. The average molecular weight is 285 g/mol. The zero-order chi connectivity index (χ0) is 15.3. The van der Waals surface area contributed by atoms with Crippen LogP contribution >= 0.6 is 0 Å². The minimum atomic E-state index is -1.29. The van der Waals surface area contributed by atoms with Crippen molar-refractivity contribution in [3.05, 3.63) is 0 Å². The Labute approximate surface area is 118 Å². The Hall–Kier alpha value is -1.79. The first-order valence-electron chi connectivity index (χ1n) is 6.78. The van der Waals surface area contributed by atoms with E-state index in [9.17, 15) is 14.4 Å². The van der Waals surface area contributed by atoms with Gasteiger partial charge in [-0.25, -0.2) is 9.59 Å². The largest absolute Gasteiger partial charge is 0.480 e. The maximum atomic E-state index is 11.8. The molecule has 0 aliphatic heterocycles. The van der Waals surface area contributed by atoms with E-state index in [0.717, 1.165) is 25.7 Å². The smallest absolute Gasteiger partial charge is 0.326 e. The summed E-state index contributed by atoms with van der Waals surface area (Å²) in [6.45, 7) is 4.29. The number of amides is 3. The minimum Gasteiger partial charge on any atom is -0.480 e. The molecule has 0 aromatic rings. The Morgan fingerprint density at radius 1 is 1.40 bits per heavy atom. The van der Waals surface area contributed by atoms with Gasteiger partial charge in [0.25, 0.3) is 0 Å². The molecule has 1 aliphatic rings. The van der Waals surface area contributed by atoms with E-state index in [-0.39, 0.29) is 11.5 Å². The maximum absolute atomic E-state index is 11.8. The van der Waals surface area contributed by atoms with Crippen molar-refractivity contribution in [2.24, 2.45) is 11.1 Å². The molecule has 7 heteroatoms. The standard InChI is InChI=1S/C13H23N3O4/c1-13(2)5-3-4-8(7-13)15-12(20)16-9(11(18)19)6-10(14)17/h8-9H,3-7H2,1-2H3,(H2,14,17)(H,18,19)(H2,15,16,20)/t8?,9-/m0/s1. The Balaban J connectivity index is 2.49. The molecule has 0 radical (unpaired) electrons. The van der Waals surface area contributed by atoms with Crippen LogP contribution in [0.25, 0.3) is 0 Å². The predicted octanol–water partition coefficient (Wildman–Crippen LogP) is 0.583. The van der Waals surface area contributed by atoms with Gasteiger partial charge in [0, 0.05) is 6.04 Å². The fourth-order valence-electron chi connectivity index (χ4n) is 2.61. The van der Waals surface area contributed by atoms with E-state index in [1.165, 1.54) is 0 Å². The number of rotatable bonds is 5. The highest BCUT2D eigenvalue weighted by atomic mass is 16.4. The molecule has 1 aliphatic carbocycles. The lowest BCUT2D eigenvalue weighted by Crippen LogP contribution is -2.51. The molecular weight excluding hydrogens is 262 g/mol. The third kappa shape index (κ3) is 5.46. The number of carbonyl (C=O) groups is 3. The predicted molar refractivity (Wildman–Crippen MR) is 72.9 cm³/mol. The van der Waals surface area contributed by atoms with Gasteiger partial charge in [-0.15, -0.1) is 0 Å². The second-order valence-electron chi connectivity index (χ2n) is 6.14. The number of carboxylic acid groups (broad SMARTS) is 1. The van der Waals surface area contributed by atoms with Crippen LogP contribution in [0.2, 0.25) is 0 Å². The van der Waals surface area contributed by atoms with Gasteiger partial charge in [0.05, 0.1) is 6.42 Å². The molecule has 5 N–H and O–H groups in total. The second-order valence-corrected chi connectivity index (χ2v) is 6.14. The summed E-state index contributed by atoms with van der Waals surface area (Å²) in [5.41, 5.74) is 5.13. The van der Waals surface area contributed by atoms with Crippen molar-refractivity contribution >= 4 is 17.9 Å². The van der Waals surface area contributed by atoms with Gasteiger partial charge in [-0.1, -0.05) is 20.3 Å². The highest BCUT2D eigenvalue weighted by Gasteiger charge is 2.30. The molecule has 1 rings (SSSR count). The molecule has 0 saturated heterocycles. The quantitative estimate of drug-likeness (QED) is 0.590. The van der Waals surface area contributed by atoms with E-state index in [1.807, 2.05) is 0 Å². The molecule has 0 aromatic heterocycles. The molecule has 0 heterocycles. The highest BCUT2D eigenvalue weighted by Crippen LogP contribution is 2.34. The van der Waals surface area contributed by atoms with E-state index in [4.69, 9.17) is 10.8 Å². The van der Waals surface area contributed by atoms with Gasteiger partial charge in [0.1, 0.15) is 6.04 Å². The van der Waals surface area contributed by atoms with Gasteiger partial charge in [-0.3, -0.25) is 4.79 Å². The van der Waals surface area contributed by atoms with Gasteiger partial charge < -0.3 is 21.5 Å². The fraction of sp³-hybridized carbons (Fsp3) is 0.769. The Kier molecular flexibility index (Phi) is 5.35. The van der Waals surface area contributed by atoms with E-state index in [0.29, 0.717) is 0 Å². The summed E-state index contributed by atoms with van der Waals surface area (Å²) in [7, 11) is 0. The SMILES string of the molecule is CC1(C)CCCC(NC(=O)N[C@@H](CC(N)=O)C(=O)O)C1. The lowest BCUT2D eigenvalue weighted by Gasteiger charge is -2.35. The number of hydrogen-bond acceptors (Lipinski definition) is 3. The van der Waals surface area contributed by atoms with Crippen molar-refractivity contribution in [3.63, 3.8) is 0 Å².